The van der Waals surface area contributed by atoms with E-state index in [0.717, 1.165) is 0 Å². The van der Waals surface area contributed by atoms with Gasteiger partial charge in [0.15, 0.2) is 6.29 Å². The summed E-state index contributed by atoms with van der Waals surface area (Å²) in [4.78, 5) is 21.6. The van der Waals surface area contributed by atoms with Gasteiger partial charge in [0.2, 0.25) is 0 Å². The number of hydrogen-bond donors (Lipinski definition) is 1. The molecule has 1 fully saturated rings. The molecule has 0 bridgehead atoms. The molecule has 1 aliphatic heterocycles. The second-order valence-electron chi connectivity index (χ2n) is 5.64. The zero-order valence-corrected chi connectivity index (χ0v) is 11.9. The first-order chi connectivity index (χ1) is 9.81. The zero-order chi connectivity index (χ0) is 15.6. The fourth-order valence-electron chi connectivity index (χ4n) is 2.43. The molecule has 0 radical (unpaired) electrons. The highest BCUT2D eigenvalue weighted by molar-refractivity contribution is 5.89. The lowest BCUT2D eigenvalue weighted by molar-refractivity contribution is -0.384. The molecule has 0 saturated carbocycles. The number of benzene rings is 1. The minimum absolute atomic E-state index is 0.0617. The van der Waals surface area contributed by atoms with Gasteiger partial charge in [-0.25, -0.2) is 4.79 Å². The van der Waals surface area contributed by atoms with Gasteiger partial charge in [0.1, 0.15) is 0 Å². The van der Waals surface area contributed by atoms with Crippen LogP contribution in [0.2, 0.25) is 0 Å². The molecule has 0 unspecified atom stereocenters. The molecule has 0 aromatic heterocycles. The molecule has 114 valence electrons. The molecule has 0 spiro atoms. The fraction of sp³-hybridized carbons (Fsp3) is 0.500. The van der Waals surface area contributed by atoms with Crippen molar-refractivity contribution in [2.75, 3.05) is 13.2 Å². The molecule has 7 heteroatoms. The number of nitrogens with zero attached hydrogens (tertiary/aromatic N) is 1. The van der Waals surface area contributed by atoms with Crippen LogP contribution in [-0.4, -0.2) is 35.5 Å². The molecule has 1 aromatic carbocycles. The van der Waals surface area contributed by atoms with E-state index in [1.165, 1.54) is 18.2 Å². The van der Waals surface area contributed by atoms with Gasteiger partial charge in [0.05, 0.1) is 23.7 Å². The van der Waals surface area contributed by atoms with Crippen LogP contribution in [0.5, 0.6) is 0 Å². The van der Waals surface area contributed by atoms with Crippen molar-refractivity contribution < 1.29 is 24.3 Å². The zero-order valence-electron chi connectivity index (χ0n) is 11.9. The number of ether oxygens (including phenoxy) is 2. The van der Waals surface area contributed by atoms with Gasteiger partial charge in [-0.2, -0.15) is 0 Å². The number of carboxylic acids is 1. The van der Waals surface area contributed by atoms with Gasteiger partial charge in [-0.15, -0.1) is 0 Å². The first-order valence-electron chi connectivity index (χ1n) is 6.55. The summed E-state index contributed by atoms with van der Waals surface area (Å²) in [5.74, 6) is -1.11. The third kappa shape index (κ3) is 3.37. The van der Waals surface area contributed by atoms with E-state index in [-0.39, 0.29) is 11.3 Å². The summed E-state index contributed by atoms with van der Waals surface area (Å²) in [5, 5.41) is 20.1. The minimum Gasteiger partial charge on any atom is -0.478 e. The van der Waals surface area contributed by atoms with Crippen LogP contribution in [0.25, 0.3) is 0 Å². The molecule has 21 heavy (non-hydrogen) atoms. The van der Waals surface area contributed by atoms with Gasteiger partial charge >= 0.3 is 5.97 Å². The molecule has 0 aliphatic carbocycles. The maximum absolute atomic E-state index is 11.3. The average molecular weight is 295 g/mol. The number of nitro benzene ring substituents is 1. The molecule has 1 heterocycles. The number of aromatic carboxylic acids is 1. The molecule has 0 amide bonds. The van der Waals surface area contributed by atoms with Crippen LogP contribution in [0.4, 0.5) is 5.69 Å². The molecule has 2 rings (SSSR count). The summed E-state index contributed by atoms with van der Waals surface area (Å²) in [6, 6.07) is 3.77. The molecule has 1 aliphatic rings. The third-order valence-corrected chi connectivity index (χ3v) is 3.44. The standard InChI is InChI=1S/C14H17NO6/c1-14(2,13-20-5-6-21-13)8-9-7-10(15(18)19)3-4-11(9)12(16)17/h3-4,7,13H,5-6,8H2,1-2H3,(H,16,17). The van der Waals surface area contributed by atoms with Crippen LogP contribution in [0, 0.1) is 15.5 Å². The normalized spacial score (nSPS) is 16.1. The van der Waals surface area contributed by atoms with Crippen molar-refractivity contribution in [1.82, 2.24) is 0 Å². The van der Waals surface area contributed by atoms with Crippen molar-refractivity contribution in [3.63, 3.8) is 0 Å². The summed E-state index contributed by atoms with van der Waals surface area (Å²) < 4.78 is 10.9. The lowest BCUT2D eigenvalue weighted by atomic mass is 9.83. The SMILES string of the molecule is CC(C)(Cc1cc([N+](=O)[O-])ccc1C(=O)O)C1OCCO1. The second-order valence-corrected chi connectivity index (χ2v) is 5.64. The van der Waals surface area contributed by atoms with Crippen LogP contribution in [0.3, 0.4) is 0 Å². The van der Waals surface area contributed by atoms with Crippen molar-refractivity contribution >= 4 is 11.7 Å². The molecular weight excluding hydrogens is 278 g/mol. The number of hydrogen-bond acceptors (Lipinski definition) is 5. The number of nitro groups is 1. The van der Waals surface area contributed by atoms with Gasteiger partial charge in [0, 0.05) is 17.5 Å². The van der Waals surface area contributed by atoms with E-state index in [0.29, 0.717) is 25.2 Å². The van der Waals surface area contributed by atoms with Crippen molar-refractivity contribution in [3.8, 4) is 0 Å². The van der Waals surface area contributed by atoms with Crippen molar-refractivity contribution in [1.29, 1.82) is 0 Å². The molecule has 1 aromatic rings. The number of non-ortho nitro benzene ring substituents is 1. The van der Waals surface area contributed by atoms with Gasteiger partial charge in [-0.05, 0) is 18.1 Å². The van der Waals surface area contributed by atoms with Crippen molar-refractivity contribution in [2.45, 2.75) is 26.6 Å². The molecule has 7 nitrogen and oxygen atoms in total. The van der Waals surface area contributed by atoms with E-state index < -0.39 is 22.6 Å². The van der Waals surface area contributed by atoms with E-state index in [4.69, 9.17) is 9.47 Å². The van der Waals surface area contributed by atoms with E-state index in [9.17, 15) is 20.0 Å². The fourth-order valence-corrected chi connectivity index (χ4v) is 2.43. The Bertz CT molecular complexity index is 563. The molecular formula is C14H17NO6. The molecule has 1 saturated heterocycles. The molecule has 1 N–H and O–H groups in total. The number of rotatable bonds is 5. The van der Waals surface area contributed by atoms with E-state index in [1.807, 2.05) is 13.8 Å². The van der Waals surface area contributed by atoms with Crippen LogP contribution >= 0.6 is 0 Å². The summed E-state index contributed by atoms with van der Waals surface area (Å²) in [6.07, 6.45) is -0.139. The third-order valence-electron chi connectivity index (χ3n) is 3.44. The maximum atomic E-state index is 11.3. The lowest BCUT2D eigenvalue weighted by Crippen LogP contribution is -2.33. The minimum atomic E-state index is -1.11. The smallest absolute Gasteiger partial charge is 0.335 e. The van der Waals surface area contributed by atoms with Crippen molar-refractivity contribution in [3.05, 3.63) is 39.4 Å². The maximum Gasteiger partial charge on any atom is 0.335 e. The first-order valence-corrected chi connectivity index (χ1v) is 6.55. The van der Waals surface area contributed by atoms with E-state index >= 15 is 0 Å². The van der Waals surface area contributed by atoms with Gasteiger partial charge in [-0.1, -0.05) is 13.8 Å². The Hall–Kier alpha value is -1.99. The highest BCUT2D eigenvalue weighted by Gasteiger charge is 2.35. The number of carboxylic acid groups (broad SMARTS) is 1. The predicted octanol–water partition coefficient (Wildman–Crippen LogP) is 2.23. The quantitative estimate of drug-likeness (QED) is 0.660. The Kier molecular flexibility index (Phi) is 4.24. The topological polar surface area (TPSA) is 98.9 Å². The van der Waals surface area contributed by atoms with Crippen LogP contribution < -0.4 is 0 Å². The highest BCUT2D eigenvalue weighted by Crippen LogP contribution is 2.33. The highest BCUT2D eigenvalue weighted by atomic mass is 16.7. The Morgan fingerprint density at radius 2 is 2.05 bits per heavy atom. The summed E-state index contributed by atoms with van der Waals surface area (Å²) in [7, 11) is 0. The van der Waals surface area contributed by atoms with Gasteiger partial charge in [-0.3, -0.25) is 10.1 Å². The van der Waals surface area contributed by atoms with Crippen LogP contribution in [-0.2, 0) is 15.9 Å². The first kappa shape index (κ1) is 15.4. The monoisotopic (exact) mass is 295 g/mol. The second kappa shape index (κ2) is 5.79. The Morgan fingerprint density at radius 3 is 2.57 bits per heavy atom. The lowest BCUT2D eigenvalue weighted by Gasteiger charge is -2.30. The van der Waals surface area contributed by atoms with Gasteiger partial charge < -0.3 is 14.6 Å². The Balaban J connectivity index is 2.34. The Morgan fingerprint density at radius 1 is 1.43 bits per heavy atom. The van der Waals surface area contributed by atoms with Crippen molar-refractivity contribution in [2.24, 2.45) is 5.41 Å². The van der Waals surface area contributed by atoms with E-state index in [2.05, 4.69) is 0 Å². The van der Waals surface area contributed by atoms with Crippen LogP contribution in [0.15, 0.2) is 18.2 Å². The predicted molar refractivity (Wildman–Crippen MR) is 73.2 cm³/mol. The summed E-state index contributed by atoms with van der Waals surface area (Å²) >= 11 is 0. The van der Waals surface area contributed by atoms with E-state index in [1.54, 1.807) is 0 Å². The Labute approximate surface area is 121 Å². The molecule has 0 atom stereocenters. The number of carbonyl (C=O) groups is 1. The summed E-state index contributed by atoms with van der Waals surface area (Å²) in [5.41, 5.74) is -0.151. The summed E-state index contributed by atoms with van der Waals surface area (Å²) in [6.45, 7) is 4.75. The van der Waals surface area contributed by atoms with Gasteiger partial charge in [0.25, 0.3) is 5.69 Å². The largest absolute Gasteiger partial charge is 0.478 e. The van der Waals surface area contributed by atoms with Crippen LogP contribution in [0.1, 0.15) is 29.8 Å². The average Bonchev–Trinajstić information content (AvgIpc) is 2.92.